The number of aromatic nitrogens is 2. The van der Waals surface area contributed by atoms with E-state index < -0.39 is 60.6 Å². The quantitative estimate of drug-likeness (QED) is 0.353. The largest absolute Gasteiger partial charge is 0.478 e. The molecule has 1 amide bonds. The number of fused-ring (bicyclic) bond motifs is 1. The van der Waals surface area contributed by atoms with Gasteiger partial charge < -0.3 is 30.5 Å². The number of carboxylic acids is 1. The first kappa shape index (κ1) is 24.7. The number of nitrogens with zero attached hydrogens (tertiary/aromatic N) is 4. The van der Waals surface area contributed by atoms with Gasteiger partial charge in [0.25, 0.3) is 0 Å². The highest BCUT2D eigenvalue weighted by molar-refractivity contribution is 5.86. The molecule has 2 aromatic rings. The first-order chi connectivity index (χ1) is 16.1. The van der Waals surface area contributed by atoms with E-state index in [9.17, 15) is 40.5 Å². The third kappa shape index (κ3) is 4.56. The van der Waals surface area contributed by atoms with Crippen LogP contribution in [0.15, 0.2) is 30.0 Å². The maximum absolute atomic E-state index is 12.6. The van der Waals surface area contributed by atoms with Crippen LogP contribution in [-0.4, -0.2) is 73.0 Å². The molecule has 2 heterocycles. The molecule has 0 radical (unpaired) electrons. The van der Waals surface area contributed by atoms with Crippen molar-refractivity contribution in [3.8, 4) is 12.1 Å². The van der Waals surface area contributed by atoms with Gasteiger partial charge in [0.1, 0.15) is 30.1 Å². The summed E-state index contributed by atoms with van der Waals surface area (Å²) < 4.78 is 6.61. The number of nitrogens with one attached hydrogen (secondary N) is 1. The number of aliphatic hydroxyl groups is 3. The lowest BCUT2D eigenvalue weighted by molar-refractivity contribution is -0.147. The van der Waals surface area contributed by atoms with Gasteiger partial charge in [0.2, 0.25) is 11.7 Å². The molecular weight excluding hydrogens is 446 g/mol. The molecule has 34 heavy (non-hydrogen) atoms. The molecule has 0 spiro atoms. The number of aliphatic carboxylic acids is 1. The van der Waals surface area contributed by atoms with Crippen molar-refractivity contribution in [3.63, 3.8) is 0 Å². The number of carbonyl (C=O) groups excluding carboxylic acids is 1. The van der Waals surface area contributed by atoms with Gasteiger partial charge in [-0.1, -0.05) is 13.8 Å². The molecule has 1 aliphatic heterocycles. The molecule has 12 heteroatoms. The Morgan fingerprint density at radius 3 is 2.53 bits per heavy atom. The second-order valence-corrected chi connectivity index (χ2v) is 8.09. The normalized spacial score (nSPS) is 21.6. The van der Waals surface area contributed by atoms with Crippen molar-refractivity contribution in [3.05, 3.63) is 41.3 Å². The Hall–Kier alpha value is -3.97. The van der Waals surface area contributed by atoms with Crippen molar-refractivity contribution in [2.45, 2.75) is 44.2 Å². The number of aliphatic hydroxyl groups excluding tert-OH is 3. The molecule has 5 N–H and O–H groups in total. The first-order valence-corrected chi connectivity index (χ1v) is 10.3. The van der Waals surface area contributed by atoms with Gasteiger partial charge in [-0.2, -0.15) is 15.6 Å². The Kier molecular flexibility index (Phi) is 7.17. The highest BCUT2D eigenvalue weighted by Crippen LogP contribution is 2.33. The average Bonchev–Trinajstić information content (AvgIpc) is 3.20. The zero-order chi connectivity index (χ0) is 25.2. The van der Waals surface area contributed by atoms with Crippen molar-refractivity contribution in [1.29, 1.82) is 10.5 Å². The summed E-state index contributed by atoms with van der Waals surface area (Å²) in [4.78, 5) is 24.4. The van der Waals surface area contributed by atoms with Crippen molar-refractivity contribution in [2.24, 2.45) is 5.92 Å². The summed E-state index contributed by atoms with van der Waals surface area (Å²) in [6, 6.07) is 6.14. The molecule has 1 aromatic carbocycles. The molecule has 0 fully saturated rings. The summed E-state index contributed by atoms with van der Waals surface area (Å²) in [5.74, 6) is -3.06. The molecule has 178 valence electrons. The molecular formula is C22H23N5O7. The van der Waals surface area contributed by atoms with Gasteiger partial charge in [0.05, 0.1) is 35.8 Å². The van der Waals surface area contributed by atoms with Gasteiger partial charge in [-0.15, -0.1) is 0 Å². The highest BCUT2D eigenvalue weighted by atomic mass is 16.5. The number of benzene rings is 1. The molecule has 0 saturated carbocycles. The summed E-state index contributed by atoms with van der Waals surface area (Å²) in [6.45, 7) is 2.38. The van der Waals surface area contributed by atoms with Gasteiger partial charge in [-0.05, 0) is 24.3 Å². The van der Waals surface area contributed by atoms with Crippen LogP contribution >= 0.6 is 0 Å². The lowest BCUT2D eigenvalue weighted by atomic mass is 9.91. The summed E-state index contributed by atoms with van der Waals surface area (Å²) in [7, 11) is 0. The fraction of sp³-hybridized carbons (Fsp3) is 0.409. The predicted molar refractivity (Wildman–Crippen MR) is 115 cm³/mol. The van der Waals surface area contributed by atoms with E-state index >= 15 is 0 Å². The van der Waals surface area contributed by atoms with Crippen LogP contribution in [0, 0.1) is 28.6 Å². The zero-order valence-electron chi connectivity index (χ0n) is 18.3. The molecule has 0 aliphatic carbocycles. The van der Waals surface area contributed by atoms with Crippen LogP contribution in [0.3, 0.4) is 0 Å². The third-order valence-electron chi connectivity index (χ3n) is 5.48. The molecule has 3 rings (SSSR count). The number of carbonyl (C=O) groups is 2. The number of amides is 1. The number of ether oxygens (including phenoxy) is 1. The maximum Gasteiger partial charge on any atom is 0.370 e. The lowest BCUT2D eigenvalue weighted by Gasteiger charge is -2.40. The van der Waals surface area contributed by atoms with Crippen LogP contribution in [0.1, 0.15) is 31.1 Å². The van der Waals surface area contributed by atoms with E-state index in [1.165, 1.54) is 22.9 Å². The van der Waals surface area contributed by atoms with Gasteiger partial charge in [0, 0.05) is 11.3 Å². The molecule has 0 saturated heterocycles. The molecule has 1 aliphatic rings. The lowest BCUT2D eigenvalue weighted by Crippen LogP contribution is -2.59. The summed E-state index contributed by atoms with van der Waals surface area (Å²) in [5, 5.41) is 66.0. The van der Waals surface area contributed by atoms with Gasteiger partial charge in [0.15, 0.2) is 0 Å². The average molecular weight is 469 g/mol. The second-order valence-electron chi connectivity index (χ2n) is 8.09. The van der Waals surface area contributed by atoms with E-state index in [2.05, 4.69) is 10.4 Å². The van der Waals surface area contributed by atoms with E-state index in [0.717, 1.165) is 6.08 Å². The van der Waals surface area contributed by atoms with Crippen molar-refractivity contribution in [1.82, 2.24) is 15.1 Å². The monoisotopic (exact) mass is 469 g/mol. The number of hydrogen-bond donors (Lipinski definition) is 5. The van der Waals surface area contributed by atoms with Gasteiger partial charge in [-0.3, -0.25) is 4.79 Å². The van der Waals surface area contributed by atoms with Crippen LogP contribution in [0.2, 0.25) is 0 Å². The number of nitriles is 2. The number of carboxylic acid groups (broad SMARTS) is 1. The Labute approximate surface area is 193 Å². The van der Waals surface area contributed by atoms with Crippen LogP contribution in [0.5, 0.6) is 0 Å². The molecule has 0 unspecified atom stereocenters. The van der Waals surface area contributed by atoms with E-state index in [0.29, 0.717) is 10.9 Å². The molecule has 1 aromatic heterocycles. The Morgan fingerprint density at radius 2 is 1.97 bits per heavy atom. The summed E-state index contributed by atoms with van der Waals surface area (Å²) >= 11 is 0. The van der Waals surface area contributed by atoms with Crippen molar-refractivity contribution < 1.29 is 34.8 Å². The SMILES string of the molecule is CC(C)C(=O)N[C@H]1[C@H]([C@H](O)[C@H](O)CO)OC(C(=O)O)=C[C@@H]1n1nc2cc(C#N)ccc2c1C#N. The van der Waals surface area contributed by atoms with E-state index in [-0.39, 0.29) is 11.2 Å². The van der Waals surface area contributed by atoms with Gasteiger partial charge >= 0.3 is 5.97 Å². The zero-order valence-corrected chi connectivity index (χ0v) is 18.3. The third-order valence-corrected chi connectivity index (χ3v) is 5.48. The minimum absolute atomic E-state index is 0.0205. The standard InChI is InChI=1S/C22H23N5O7/c1-10(2)21(31)25-18-14(6-17(22(32)33)34-20(18)19(30)16(29)9-28)27-15(8-24)12-4-3-11(7-23)5-13(12)26-27/h3-6,10,14,16,18-20,28-30H,9H2,1-2H3,(H,25,31)(H,32,33)/t14-,16+,18+,19+,20+/m0/s1. The molecule has 0 bridgehead atoms. The Balaban J connectivity index is 2.24. The van der Waals surface area contributed by atoms with Crippen LogP contribution in [0.25, 0.3) is 10.9 Å². The maximum atomic E-state index is 12.6. The topological polar surface area (TPSA) is 202 Å². The minimum Gasteiger partial charge on any atom is -0.478 e. The fourth-order valence-corrected chi connectivity index (χ4v) is 3.67. The van der Waals surface area contributed by atoms with Crippen molar-refractivity contribution >= 4 is 22.8 Å². The first-order valence-electron chi connectivity index (χ1n) is 10.3. The smallest absolute Gasteiger partial charge is 0.370 e. The fourth-order valence-electron chi connectivity index (χ4n) is 3.67. The molecule has 5 atom stereocenters. The van der Waals surface area contributed by atoms with E-state index in [4.69, 9.17) is 4.74 Å². The highest BCUT2D eigenvalue weighted by Gasteiger charge is 2.45. The van der Waals surface area contributed by atoms with Crippen molar-refractivity contribution in [2.75, 3.05) is 6.61 Å². The van der Waals surface area contributed by atoms with Gasteiger partial charge in [-0.25, -0.2) is 9.48 Å². The van der Waals surface area contributed by atoms with E-state index in [1.807, 2.05) is 12.1 Å². The minimum atomic E-state index is -1.80. The molecule has 12 nitrogen and oxygen atoms in total. The Bertz CT molecular complexity index is 1220. The second kappa shape index (κ2) is 9.89. The number of hydrogen-bond acceptors (Lipinski definition) is 9. The summed E-state index contributed by atoms with van der Waals surface area (Å²) in [6.07, 6.45) is -3.88. The predicted octanol–water partition coefficient (Wildman–Crippen LogP) is -0.457. The summed E-state index contributed by atoms with van der Waals surface area (Å²) in [5.41, 5.74) is 0.598. The van der Waals surface area contributed by atoms with Crippen LogP contribution in [-0.2, 0) is 14.3 Å². The number of rotatable bonds is 7. The van der Waals surface area contributed by atoms with Crippen LogP contribution < -0.4 is 5.32 Å². The Morgan fingerprint density at radius 1 is 1.26 bits per heavy atom. The van der Waals surface area contributed by atoms with Crippen LogP contribution in [0.4, 0.5) is 0 Å². The van der Waals surface area contributed by atoms with E-state index in [1.54, 1.807) is 13.8 Å².